The summed E-state index contributed by atoms with van der Waals surface area (Å²) in [4.78, 5) is 0. The molecule has 0 spiro atoms. The normalized spacial score (nSPS) is 15.9. The molecular formula is C10H16O2. The van der Waals surface area contributed by atoms with Crippen LogP contribution in [0.3, 0.4) is 0 Å². The molecule has 68 valence electrons. The first kappa shape index (κ1) is 9.33. The molecule has 0 aliphatic heterocycles. The highest BCUT2D eigenvalue weighted by Crippen LogP contribution is 2.26. The molecule has 1 atom stereocenters. The van der Waals surface area contributed by atoms with Crippen molar-refractivity contribution in [2.75, 3.05) is 0 Å². The number of unbranched alkanes of at least 4 members (excludes halogenated alkanes) is 1. The lowest BCUT2D eigenvalue weighted by Crippen LogP contribution is -2.19. The first-order chi connectivity index (χ1) is 5.67. The zero-order valence-electron chi connectivity index (χ0n) is 7.71. The van der Waals surface area contributed by atoms with Crippen LogP contribution in [0.5, 0.6) is 0 Å². The molecule has 0 unspecified atom stereocenters. The lowest BCUT2D eigenvalue weighted by Gasteiger charge is -2.19. The zero-order valence-corrected chi connectivity index (χ0v) is 7.71. The van der Waals surface area contributed by atoms with Crippen LogP contribution in [0.2, 0.25) is 0 Å². The Kier molecular flexibility index (Phi) is 2.93. The largest absolute Gasteiger partial charge is 0.466 e. The van der Waals surface area contributed by atoms with Gasteiger partial charge in [0.2, 0.25) is 0 Å². The van der Waals surface area contributed by atoms with Crippen LogP contribution in [0.25, 0.3) is 0 Å². The maximum atomic E-state index is 9.91. The Bertz CT molecular complexity index is 212. The monoisotopic (exact) mass is 168 g/mol. The SMILES string of the molecule is CCCC[C@@](C)(O)c1ccco1. The molecule has 1 heterocycles. The quantitative estimate of drug-likeness (QED) is 0.749. The molecule has 0 radical (unpaired) electrons. The molecule has 0 bridgehead atoms. The summed E-state index contributed by atoms with van der Waals surface area (Å²) in [5.41, 5.74) is -0.792. The first-order valence-corrected chi connectivity index (χ1v) is 4.43. The Morgan fingerprint density at radius 2 is 2.33 bits per heavy atom. The third-order valence-corrected chi connectivity index (χ3v) is 2.07. The van der Waals surface area contributed by atoms with E-state index in [0.29, 0.717) is 5.76 Å². The molecule has 2 heteroatoms. The van der Waals surface area contributed by atoms with Crippen LogP contribution in [0.15, 0.2) is 22.8 Å². The fourth-order valence-corrected chi connectivity index (χ4v) is 1.23. The van der Waals surface area contributed by atoms with E-state index in [1.54, 1.807) is 19.3 Å². The Morgan fingerprint density at radius 1 is 1.58 bits per heavy atom. The van der Waals surface area contributed by atoms with Crippen LogP contribution >= 0.6 is 0 Å². The van der Waals surface area contributed by atoms with Crippen LogP contribution in [0, 0.1) is 0 Å². The molecule has 0 aromatic carbocycles. The average Bonchev–Trinajstić information content (AvgIpc) is 2.53. The average molecular weight is 168 g/mol. The zero-order chi connectivity index (χ0) is 9.03. The predicted octanol–water partition coefficient (Wildman–Crippen LogP) is 2.68. The molecule has 1 aromatic rings. The van der Waals surface area contributed by atoms with Gasteiger partial charge in [-0.3, -0.25) is 0 Å². The van der Waals surface area contributed by atoms with E-state index < -0.39 is 5.60 Å². The minimum atomic E-state index is -0.792. The van der Waals surface area contributed by atoms with Crippen molar-refractivity contribution in [3.8, 4) is 0 Å². The predicted molar refractivity (Wildman–Crippen MR) is 47.8 cm³/mol. The smallest absolute Gasteiger partial charge is 0.135 e. The van der Waals surface area contributed by atoms with Gasteiger partial charge in [-0.2, -0.15) is 0 Å². The second-order valence-corrected chi connectivity index (χ2v) is 3.35. The molecule has 0 saturated carbocycles. The van der Waals surface area contributed by atoms with Crippen LogP contribution in [0.1, 0.15) is 38.9 Å². The van der Waals surface area contributed by atoms with Crippen molar-refractivity contribution in [2.45, 2.75) is 38.7 Å². The van der Waals surface area contributed by atoms with E-state index in [4.69, 9.17) is 4.42 Å². The minimum absolute atomic E-state index is 0.663. The Labute approximate surface area is 73.2 Å². The highest BCUT2D eigenvalue weighted by molar-refractivity contribution is 5.07. The molecule has 0 amide bonds. The molecule has 12 heavy (non-hydrogen) atoms. The van der Waals surface area contributed by atoms with Crippen LogP contribution < -0.4 is 0 Å². The summed E-state index contributed by atoms with van der Waals surface area (Å²) in [5, 5.41) is 9.91. The summed E-state index contributed by atoms with van der Waals surface area (Å²) >= 11 is 0. The van der Waals surface area contributed by atoms with E-state index in [2.05, 4.69) is 6.92 Å². The molecule has 0 saturated heterocycles. The van der Waals surface area contributed by atoms with E-state index in [-0.39, 0.29) is 0 Å². The van der Waals surface area contributed by atoms with Crippen molar-refractivity contribution in [2.24, 2.45) is 0 Å². The van der Waals surface area contributed by atoms with Gasteiger partial charge in [-0.1, -0.05) is 19.8 Å². The van der Waals surface area contributed by atoms with Crippen molar-refractivity contribution in [3.05, 3.63) is 24.2 Å². The number of furan rings is 1. The third-order valence-electron chi connectivity index (χ3n) is 2.07. The molecule has 2 nitrogen and oxygen atoms in total. The standard InChI is InChI=1S/C10H16O2/c1-3-4-7-10(2,11)9-6-5-8-12-9/h5-6,8,11H,3-4,7H2,1-2H3/t10-/m1/s1. The highest BCUT2D eigenvalue weighted by Gasteiger charge is 2.24. The maximum absolute atomic E-state index is 9.91. The number of hydrogen-bond acceptors (Lipinski definition) is 2. The van der Waals surface area contributed by atoms with E-state index >= 15 is 0 Å². The minimum Gasteiger partial charge on any atom is -0.466 e. The Morgan fingerprint density at radius 3 is 2.83 bits per heavy atom. The summed E-state index contributed by atoms with van der Waals surface area (Å²) in [6, 6.07) is 3.62. The van der Waals surface area contributed by atoms with Crippen molar-refractivity contribution in [1.82, 2.24) is 0 Å². The lowest BCUT2D eigenvalue weighted by molar-refractivity contribution is 0.0232. The lowest BCUT2D eigenvalue weighted by atomic mass is 9.96. The van der Waals surface area contributed by atoms with Gasteiger partial charge in [0.15, 0.2) is 0 Å². The van der Waals surface area contributed by atoms with E-state index in [1.165, 1.54) is 0 Å². The van der Waals surface area contributed by atoms with Gasteiger partial charge in [-0.05, 0) is 25.5 Å². The Balaban J connectivity index is 2.59. The van der Waals surface area contributed by atoms with E-state index in [0.717, 1.165) is 19.3 Å². The summed E-state index contributed by atoms with van der Waals surface area (Å²) in [6.45, 7) is 3.90. The van der Waals surface area contributed by atoms with E-state index in [1.807, 2.05) is 6.07 Å². The van der Waals surface area contributed by atoms with Gasteiger partial charge in [0, 0.05) is 0 Å². The van der Waals surface area contributed by atoms with Crippen LogP contribution in [-0.4, -0.2) is 5.11 Å². The fourth-order valence-electron chi connectivity index (χ4n) is 1.23. The second kappa shape index (κ2) is 3.76. The summed E-state index contributed by atoms with van der Waals surface area (Å²) in [7, 11) is 0. The molecule has 0 aliphatic rings. The van der Waals surface area contributed by atoms with Crippen molar-refractivity contribution < 1.29 is 9.52 Å². The van der Waals surface area contributed by atoms with Gasteiger partial charge in [0.25, 0.3) is 0 Å². The molecule has 1 aromatic heterocycles. The van der Waals surface area contributed by atoms with E-state index in [9.17, 15) is 5.11 Å². The first-order valence-electron chi connectivity index (χ1n) is 4.43. The molecule has 0 fully saturated rings. The maximum Gasteiger partial charge on any atom is 0.135 e. The molecule has 0 aliphatic carbocycles. The molecule has 1 rings (SSSR count). The van der Waals surface area contributed by atoms with Gasteiger partial charge in [-0.25, -0.2) is 0 Å². The van der Waals surface area contributed by atoms with Gasteiger partial charge in [-0.15, -0.1) is 0 Å². The second-order valence-electron chi connectivity index (χ2n) is 3.35. The van der Waals surface area contributed by atoms with Gasteiger partial charge in [0.1, 0.15) is 11.4 Å². The summed E-state index contributed by atoms with van der Waals surface area (Å²) < 4.78 is 5.15. The highest BCUT2D eigenvalue weighted by atomic mass is 16.4. The van der Waals surface area contributed by atoms with Crippen LogP contribution in [0.4, 0.5) is 0 Å². The Hall–Kier alpha value is -0.760. The van der Waals surface area contributed by atoms with Gasteiger partial charge >= 0.3 is 0 Å². The molecular weight excluding hydrogens is 152 g/mol. The van der Waals surface area contributed by atoms with Crippen molar-refractivity contribution in [3.63, 3.8) is 0 Å². The number of hydrogen-bond donors (Lipinski definition) is 1. The van der Waals surface area contributed by atoms with Crippen molar-refractivity contribution >= 4 is 0 Å². The summed E-state index contributed by atoms with van der Waals surface area (Å²) in [6.07, 6.45) is 4.47. The van der Waals surface area contributed by atoms with Crippen molar-refractivity contribution in [1.29, 1.82) is 0 Å². The fraction of sp³-hybridized carbons (Fsp3) is 0.600. The van der Waals surface area contributed by atoms with Gasteiger partial charge < -0.3 is 9.52 Å². The van der Waals surface area contributed by atoms with Crippen LogP contribution in [-0.2, 0) is 5.60 Å². The number of rotatable bonds is 4. The summed E-state index contributed by atoms with van der Waals surface area (Å²) in [5.74, 6) is 0.663. The molecule has 1 N–H and O–H groups in total. The topological polar surface area (TPSA) is 33.4 Å². The van der Waals surface area contributed by atoms with Gasteiger partial charge in [0.05, 0.1) is 6.26 Å². The third kappa shape index (κ3) is 2.11. The number of aliphatic hydroxyl groups is 1.